The van der Waals surface area contributed by atoms with Crippen molar-refractivity contribution < 1.29 is 17.9 Å². The minimum Gasteiger partial charge on any atom is -0.489 e. The van der Waals surface area contributed by atoms with E-state index in [4.69, 9.17) is 4.74 Å². The summed E-state index contributed by atoms with van der Waals surface area (Å²) in [6, 6.07) is 4.73. The third kappa shape index (κ3) is 5.67. The second kappa shape index (κ2) is 10.7. The van der Waals surface area contributed by atoms with Gasteiger partial charge in [0.05, 0.1) is 28.8 Å². The normalized spacial score (nSPS) is 19.7. The van der Waals surface area contributed by atoms with Crippen LogP contribution in [-0.2, 0) is 14.8 Å². The first-order valence-electron chi connectivity index (χ1n) is 12.0. The van der Waals surface area contributed by atoms with Crippen LogP contribution in [0.15, 0.2) is 41.7 Å². The van der Waals surface area contributed by atoms with Crippen molar-refractivity contribution in [2.75, 3.05) is 36.4 Å². The number of carbonyl (C=O) groups is 1. The van der Waals surface area contributed by atoms with Crippen molar-refractivity contribution in [3.05, 3.63) is 36.8 Å². The third-order valence-corrected chi connectivity index (χ3v) is 8.08. The van der Waals surface area contributed by atoms with Gasteiger partial charge >= 0.3 is 0 Å². The van der Waals surface area contributed by atoms with Crippen LogP contribution >= 0.6 is 0 Å². The average molecular weight is 488 g/mol. The number of anilines is 2. The molecule has 0 unspecified atom stereocenters. The monoisotopic (exact) mass is 487 g/mol. The summed E-state index contributed by atoms with van der Waals surface area (Å²) in [6.07, 6.45) is 9.21. The largest absolute Gasteiger partial charge is 0.489 e. The van der Waals surface area contributed by atoms with E-state index in [2.05, 4.69) is 20.2 Å². The molecule has 184 valence electrons. The van der Waals surface area contributed by atoms with E-state index in [1.54, 1.807) is 30.7 Å². The number of piperidine rings is 2. The molecule has 2 aliphatic rings. The van der Waals surface area contributed by atoms with Crippen LogP contribution < -0.4 is 15.0 Å². The Morgan fingerprint density at radius 1 is 1.12 bits per heavy atom. The molecular formula is C24H33N5O4S. The maximum atomic E-state index is 13.3. The number of hydrogen-bond acceptors (Lipinski definition) is 7. The number of aromatic nitrogens is 2. The standard InChI is InChI=1S/C24H33N5O4S/c1-18(2)33-22-9-8-20(34(31,32)29-13-4-3-5-14-29)15-21(22)27-24(30)19-7-6-12-28(17-19)23-16-25-10-11-26-23/h8-11,15-16,18-19H,3-7,12-14,17H2,1-2H3,(H,27,30)/t19-/m0/s1. The third-order valence-electron chi connectivity index (χ3n) is 6.19. The lowest BCUT2D eigenvalue weighted by atomic mass is 9.97. The quantitative estimate of drug-likeness (QED) is 0.639. The summed E-state index contributed by atoms with van der Waals surface area (Å²) >= 11 is 0. The molecule has 2 saturated heterocycles. The maximum absolute atomic E-state index is 13.3. The molecule has 9 nitrogen and oxygen atoms in total. The Morgan fingerprint density at radius 3 is 2.62 bits per heavy atom. The Bertz CT molecular complexity index is 1090. The van der Waals surface area contributed by atoms with Gasteiger partial charge in [-0.25, -0.2) is 13.4 Å². The van der Waals surface area contributed by atoms with Crippen molar-refractivity contribution in [3.8, 4) is 5.75 Å². The number of ether oxygens (including phenoxy) is 1. The van der Waals surface area contributed by atoms with Crippen LogP contribution in [0.1, 0.15) is 46.0 Å². The predicted octanol–water partition coefficient (Wildman–Crippen LogP) is 3.29. The highest BCUT2D eigenvalue weighted by atomic mass is 32.2. The fourth-order valence-corrected chi connectivity index (χ4v) is 6.01. The van der Waals surface area contributed by atoms with Gasteiger partial charge in [-0.05, 0) is 57.7 Å². The van der Waals surface area contributed by atoms with Crippen molar-refractivity contribution in [3.63, 3.8) is 0 Å². The molecule has 0 saturated carbocycles. The SMILES string of the molecule is CC(C)Oc1ccc(S(=O)(=O)N2CCCCC2)cc1NC(=O)[C@H]1CCCN(c2cnccn2)C1. The molecule has 0 aliphatic carbocycles. The predicted molar refractivity (Wildman–Crippen MR) is 130 cm³/mol. The van der Waals surface area contributed by atoms with E-state index in [1.807, 2.05) is 13.8 Å². The summed E-state index contributed by atoms with van der Waals surface area (Å²) in [6.45, 7) is 6.17. The van der Waals surface area contributed by atoms with Crippen LogP contribution in [0.25, 0.3) is 0 Å². The van der Waals surface area contributed by atoms with Crippen LogP contribution in [0.5, 0.6) is 5.75 Å². The first kappa shape index (κ1) is 24.4. The Labute approximate surface area is 201 Å². The van der Waals surface area contributed by atoms with E-state index < -0.39 is 10.0 Å². The highest BCUT2D eigenvalue weighted by Gasteiger charge is 2.30. The van der Waals surface area contributed by atoms with E-state index in [0.29, 0.717) is 31.1 Å². The lowest BCUT2D eigenvalue weighted by Crippen LogP contribution is -2.41. The van der Waals surface area contributed by atoms with Gasteiger partial charge in [0.1, 0.15) is 11.6 Å². The molecule has 1 N–H and O–H groups in total. The molecule has 1 aromatic heterocycles. The van der Waals surface area contributed by atoms with E-state index in [9.17, 15) is 13.2 Å². The summed E-state index contributed by atoms with van der Waals surface area (Å²) in [4.78, 5) is 24.0. The van der Waals surface area contributed by atoms with Crippen molar-refractivity contribution >= 4 is 27.4 Å². The minimum absolute atomic E-state index is 0.123. The molecule has 10 heteroatoms. The number of hydrogen-bond donors (Lipinski definition) is 1. The summed E-state index contributed by atoms with van der Waals surface area (Å²) in [5.74, 6) is 0.792. The van der Waals surface area contributed by atoms with E-state index in [1.165, 1.54) is 10.4 Å². The Balaban J connectivity index is 1.55. The zero-order chi connectivity index (χ0) is 24.1. The molecule has 2 aromatic rings. The van der Waals surface area contributed by atoms with Crippen LogP contribution in [0.3, 0.4) is 0 Å². The van der Waals surface area contributed by atoms with Crippen LogP contribution in [0, 0.1) is 5.92 Å². The Kier molecular flexibility index (Phi) is 7.67. The number of amides is 1. The highest BCUT2D eigenvalue weighted by Crippen LogP contribution is 2.32. The second-order valence-corrected chi connectivity index (χ2v) is 11.1. The summed E-state index contributed by atoms with van der Waals surface area (Å²) < 4.78 is 33.8. The molecule has 0 bridgehead atoms. The Morgan fingerprint density at radius 2 is 1.91 bits per heavy atom. The molecule has 0 spiro atoms. The van der Waals surface area contributed by atoms with Gasteiger partial charge < -0.3 is 15.0 Å². The second-order valence-electron chi connectivity index (χ2n) is 9.13. The van der Waals surface area contributed by atoms with E-state index >= 15 is 0 Å². The van der Waals surface area contributed by atoms with Gasteiger partial charge in [-0.2, -0.15) is 4.31 Å². The summed E-state index contributed by atoms with van der Waals surface area (Å²) in [7, 11) is -3.63. The lowest BCUT2D eigenvalue weighted by molar-refractivity contribution is -0.120. The first-order chi connectivity index (χ1) is 16.3. The van der Waals surface area contributed by atoms with E-state index in [-0.39, 0.29) is 22.8 Å². The molecule has 2 aliphatic heterocycles. The highest BCUT2D eigenvalue weighted by molar-refractivity contribution is 7.89. The minimum atomic E-state index is -3.63. The number of benzene rings is 1. The van der Waals surface area contributed by atoms with Gasteiger partial charge in [0.25, 0.3) is 0 Å². The lowest BCUT2D eigenvalue weighted by Gasteiger charge is -2.32. The van der Waals surface area contributed by atoms with Crippen molar-refractivity contribution in [1.82, 2.24) is 14.3 Å². The molecule has 1 aromatic carbocycles. The number of rotatable bonds is 7. The Hall–Kier alpha value is -2.72. The van der Waals surface area contributed by atoms with Gasteiger partial charge in [-0.1, -0.05) is 6.42 Å². The number of nitrogens with one attached hydrogen (secondary N) is 1. The molecular weight excluding hydrogens is 454 g/mol. The van der Waals surface area contributed by atoms with Gasteiger partial charge in [0, 0.05) is 38.6 Å². The number of sulfonamides is 1. The zero-order valence-corrected chi connectivity index (χ0v) is 20.6. The molecule has 0 radical (unpaired) electrons. The van der Waals surface area contributed by atoms with Crippen LogP contribution in [0.4, 0.5) is 11.5 Å². The van der Waals surface area contributed by atoms with Gasteiger partial charge in [-0.15, -0.1) is 0 Å². The summed E-state index contributed by atoms with van der Waals surface area (Å²) in [5.41, 5.74) is 0.383. The van der Waals surface area contributed by atoms with Crippen molar-refractivity contribution in [1.29, 1.82) is 0 Å². The smallest absolute Gasteiger partial charge is 0.243 e. The maximum Gasteiger partial charge on any atom is 0.243 e. The molecule has 34 heavy (non-hydrogen) atoms. The molecule has 2 fully saturated rings. The molecule has 1 amide bonds. The first-order valence-corrected chi connectivity index (χ1v) is 13.4. The van der Waals surface area contributed by atoms with Crippen LogP contribution in [0.2, 0.25) is 0 Å². The molecule has 4 rings (SSSR count). The molecule has 3 heterocycles. The van der Waals surface area contributed by atoms with Gasteiger partial charge in [0.15, 0.2) is 0 Å². The van der Waals surface area contributed by atoms with Crippen molar-refractivity contribution in [2.45, 2.75) is 57.0 Å². The summed E-state index contributed by atoms with van der Waals surface area (Å²) in [5, 5.41) is 2.96. The van der Waals surface area contributed by atoms with Crippen LogP contribution in [-0.4, -0.2) is 60.9 Å². The zero-order valence-electron chi connectivity index (χ0n) is 19.8. The fourth-order valence-electron chi connectivity index (χ4n) is 4.47. The number of nitrogens with zero attached hydrogens (tertiary/aromatic N) is 4. The topological polar surface area (TPSA) is 105 Å². The average Bonchev–Trinajstić information content (AvgIpc) is 2.86. The van der Waals surface area contributed by atoms with Gasteiger partial charge in [-0.3, -0.25) is 9.78 Å². The van der Waals surface area contributed by atoms with E-state index in [0.717, 1.165) is 44.5 Å². The van der Waals surface area contributed by atoms with Crippen molar-refractivity contribution in [2.24, 2.45) is 5.92 Å². The number of carbonyl (C=O) groups excluding carboxylic acids is 1. The van der Waals surface area contributed by atoms with Gasteiger partial charge in [0.2, 0.25) is 15.9 Å². The fraction of sp³-hybridized carbons (Fsp3) is 0.542. The molecule has 1 atom stereocenters.